The van der Waals surface area contributed by atoms with Crippen LogP contribution >= 0.6 is 0 Å². The fraction of sp³-hybridized carbons (Fsp3) is 0.935. The van der Waals surface area contributed by atoms with E-state index in [2.05, 4.69) is 54.5 Å². The minimum Gasteiger partial charge on any atom is -0.393 e. The molecule has 5 aliphatic rings. The van der Waals surface area contributed by atoms with Gasteiger partial charge in [-0.1, -0.05) is 60.1 Å². The van der Waals surface area contributed by atoms with Crippen molar-refractivity contribution < 1.29 is 9.84 Å². The van der Waals surface area contributed by atoms with Gasteiger partial charge in [-0.05, 0) is 115 Å². The first-order valence-electron chi connectivity index (χ1n) is 14.2. The van der Waals surface area contributed by atoms with Crippen molar-refractivity contribution in [3.8, 4) is 0 Å². The minimum atomic E-state index is -0.144. The number of allylic oxidation sites excluding steroid dienone is 2. The van der Waals surface area contributed by atoms with Crippen LogP contribution in [0, 0.1) is 50.7 Å². The molecule has 0 saturated heterocycles. The number of fused-ring (bicyclic) bond motifs is 6. The molecule has 4 saturated carbocycles. The summed E-state index contributed by atoms with van der Waals surface area (Å²) in [5.41, 5.74) is 3.32. The summed E-state index contributed by atoms with van der Waals surface area (Å²) in [7, 11) is 1.94. The number of aliphatic hydroxyl groups is 1. The molecule has 0 heterocycles. The van der Waals surface area contributed by atoms with E-state index in [9.17, 15) is 5.11 Å². The predicted octanol–water partition coefficient (Wildman–Crippen LogP) is 7.79. The molecule has 0 bridgehead atoms. The summed E-state index contributed by atoms with van der Waals surface area (Å²) in [4.78, 5) is 0. The van der Waals surface area contributed by atoms with Crippen molar-refractivity contribution in [3.63, 3.8) is 0 Å². The largest absolute Gasteiger partial charge is 0.393 e. The monoisotopic (exact) mass is 456 g/mol. The van der Waals surface area contributed by atoms with E-state index in [0.29, 0.717) is 28.3 Å². The zero-order valence-electron chi connectivity index (χ0n) is 23.0. The zero-order chi connectivity index (χ0) is 24.0. The van der Waals surface area contributed by atoms with Crippen molar-refractivity contribution in [2.75, 3.05) is 7.11 Å². The highest BCUT2D eigenvalue weighted by molar-refractivity contribution is 5.25. The van der Waals surface area contributed by atoms with Gasteiger partial charge in [0.15, 0.2) is 0 Å². The summed E-state index contributed by atoms with van der Waals surface area (Å²) in [6, 6.07) is 0. The van der Waals surface area contributed by atoms with Gasteiger partial charge in [0, 0.05) is 7.11 Å². The molecule has 0 aromatic carbocycles. The first kappa shape index (κ1) is 24.4. The van der Waals surface area contributed by atoms with Gasteiger partial charge in [0.25, 0.3) is 0 Å². The standard InChI is InChI=1S/C31H52O2/c1-27(2)22-11-9-20-19-29(5)16-13-23-28(3,4)26(33-8)15-18-31(23,7)24(29)12-10-21(20)30(22,6)17-14-25(27)32/h9,21-26,32H,10-19H2,1-8H3/t21-,22-,23+,24+,25-,26+,29-,30-,31-/m1/s1. The maximum Gasteiger partial charge on any atom is 0.0625 e. The zero-order valence-corrected chi connectivity index (χ0v) is 23.0. The highest BCUT2D eigenvalue weighted by Gasteiger charge is 2.63. The van der Waals surface area contributed by atoms with Crippen LogP contribution in [0.15, 0.2) is 11.6 Å². The Balaban J connectivity index is 1.49. The molecule has 9 atom stereocenters. The second kappa shape index (κ2) is 7.58. The quantitative estimate of drug-likeness (QED) is 0.408. The van der Waals surface area contributed by atoms with Crippen molar-refractivity contribution in [2.45, 2.75) is 125 Å². The molecule has 2 nitrogen and oxygen atoms in total. The third kappa shape index (κ3) is 3.24. The molecule has 5 aliphatic carbocycles. The molecule has 4 fully saturated rings. The number of rotatable bonds is 1. The van der Waals surface area contributed by atoms with Gasteiger partial charge in [0.1, 0.15) is 0 Å². The second-order valence-electron chi connectivity index (χ2n) is 15.1. The summed E-state index contributed by atoms with van der Waals surface area (Å²) in [6.07, 6.45) is 15.7. The Bertz CT molecular complexity index is 810. The van der Waals surface area contributed by atoms with Crippen LogP contribution < -0.4 is 0 Å². The molecule has 0 radical (unpaired) electrons. The van der Waals surface area contributed by atoms with Gasteiger partial charge in [-0.25, -0.2) is 0 Å². The lowest BCUT2D eigenvalue weighted by Gasteiger charge is -2.64. The van der Waals surface area contributed by atoms with Gasteiger partial charge in [-0.3, -0.25) is 0 Å². The van der Waals surface area contributed by atoms with E-state index in [1.54, 1.807) is 5.57 Å². The number of hydrogen-bond donors (Lipinski definition) is 1. The topological polar surface area (TPSA) is 29.5 Å². The van der Waals surface area contributed by atoms with Crippen LogP contribution in [-0.2, 0) is 4.74 Å². The number of aliphatic hydroxyl groups excluding tert-OH is 1. The van der Waals surface area contributed by atoms with E-state index < -0.39 is 0 Å². The minimum absolute atomic E-state index is 0.0254. The number of methoxy groups -OCH3 is 1. The van der Waals surface area contributed by atoms with Gasteiger partial charge in [0.05, 0.1) is 12.2 Å². The molecule has 0 aromatic rings. The fourth-order valence-corrected chi connectivity index (χ4v) is 11.3. The molecule has 5 rings (SSSR count). The predicted molar refractivity (Wildman–Crippen MR) is 137 cm³/mol. The van der Waals surface area contributed by atoms with Gasteiger partial charge in [-0.15, -0.1) is 0 Å². The highest BCUT2D eigenvalue weighted by Crippen LogP contribution is 2.70. The average molecular weight is 457 g/mol. The molecule has 0 amide bonds. The van der Waals surface area contributed by atoms with E-state index >= 15 is 0 Å². The summed E-state index contributed by atoms with van der Waals surface area (Å²) in [6.45, 7) is 17.7. The summed E-state index contributed by atoms with van der Waals surface area (Å²) < 4.78 is 6.03. The van der Waals surface area contributed by atoms with Gasteiger partial charge in [-0.2, -0.15) is 0 Å². The lowest BCUT2D eigenvalue weighted by Crippen LogP contribution is -2.58. The van der Waals surface area contributed by atoms with E-state index in [1.165, 1.54) is 57.8 Å². The molecular weight excluding hydrogens is 404 g/mol. The second-order valence-corrected chi connectivity index (χ2v) is 15.1. The Labute approximate surface area is 204 Å². The number of ether oxygens (including phenoxy) is 1. The Hall–Kier alpha value is -0.340. The van der Waals surface area contributed by atoms with Crippen molar-refractivity contribution in [1.82, 2.24) is 0 Å². The Kier molecular flexibility index (Phi) is 5.60. The molecule has 0 unspecified atom stereocenters. The highest BCUT2D eigenvalue weighted by atomic mass is 16.5. The SMILES string of the molecule is CO[C@H]1CC[C@]2(C)[C@@H](CC[C@]3(C)CC4=CC[C@@H]5C(C)(C)[C@H](O)CC[C@]5(C)[C@@H]4CC[C@@H]32)C1(C)C. The van der Waals surface area contributed by atoms with Crippen molar-refractivity contribution >= 4 is 0 Å². The van der Waals surface area contributed by atoms with Crippen molar-refractivity contribution in [3.05, 3.63) is 11.6 Å². The first-order chi connectivity index (χ1) is 15.3. The van der Waals surface area contributed by atoms with Gasteiger partial charge in [0.2, 0.25) is 0 Å². The molecule has 2 heteroatoms. The van der Waals surface area contributed by atoms with Crippen LogP contribution in [0.25, 0.3) is 0 Å². The molecule has 0 aromatic heterocycles. The summed E-state index contributed by atoms with van der Waals surface area (Å²) >= 11 is 0. The lowest BCUT2D eigenvalue weighted by atomic mass is 9.42. The molecule has 188 valence electrons. The first-order valence-corrected chi connectivity index (χ1v) is 14.2. The van der Waals surface area contributed by atoms with Crippen LogP contribution in [0.4, 0.5) is 0 Å². The van der Waals surface area contributed by atoms with E-state index in [4.69, 9.17) is 4.74 Å². The summed E-state index contributed by atoms with van der Waals surface area (Å²) in [5.74, 6) is 2.91. The Morgan fingerprint density at radius 3 is 2.15 bits per heavy atom. The molecular formula is C31H52O2. The summed E-state index contributed by atoms with van der Waals surface area (Å²) in [5, 5.41) is 10.9. The maximum absolute atomic E-state index is 10.9. The molecule has 1 N–H and O–H groups in total. The third-order valence-electron chi connectivity index (χ3n) is 13.1. The Morgan fingerprint density at radius 2 is 1.45 bits per heavy atom. The van der Waals surface area contributed by atoms with Crippen LogP contribution in [0.2, 0.25) is 0 Å². The lowest BCUT2D eigenvalue weighted by molar-refractivity contribution is -0.178. The molecule has 33 heavy (non-hydrogen) atoms. The number of hydrogen-bond acceptors (Lipinski definition) is 2. The van der Waals surface area contributed by atoms with E-state index in [0.717, 1.165) is 24.2 Å². The van der Waals surface area contributed by atoms with Crippen molar-refractivity contribution in [2.24, 2.45) is 50.7 Å². The van der Waals surface area contributed by atoms with E-state index in [-0.39, 0.29) is 16.9 Å². The van der Waals surface area contributed by atoms with Crippen LogP contribution in [0.5, 0.6) is 0 Å². The maximum atomic E-state index is 10.9. The van der Waals surface area contributed by atoms with Gasteiger partial charge < -0.3 is 9.84 Å². The third-order valence-corrected chi connectivity index (χ3v) is 13.1. The van der Waals surface area contributed by atoms with Crippen molar-refractivity contribution in [1.29, 1.82) is 0 Å². The van der Waals surface area contributed by atoms with Crippen LogP contribution in [0.1, 0.15) is 113 Å². The van der Waals surface area contributed by atoms with E-state index in [1.807, 2.05) is 7.11 Å². The van der Waals surface area contributed by atoms with Gasteiger partial charge >= 0.3 is 0 Å². The molecule has 0 spiro atoms. The fourth-order valence-electron chi connectivity index (χ4n) is 11.3. The van der Waals surface area contributed by atoms with Crippen LogP contribution in [-0.4, -0.2) is 24.4 Å². The molecule has 0 aliphatic heterocycles. The Morgan fingerprint density at radius 1 is 0.758 bits per heavy atom. The normalized spacial score (nSPS) is 52.9. The van der Waals surface area contributed by atoms with Crippen LogP contribution in [0.3, 0.4) is 0 Å². The smallest absolute Gasteiger partial charge is 0.0625 e. The average Bonchev–Trinajstić information content (AvgIpc) is 2.88.